The van der Waals surface area contributed by atoms with Crippen LogP contribution < -0.4 is 10.6 Å². The van der Waals surface area contributed by atoms with Crippen LogP contribution in [0.1, 0.15) is 15.9 Å². The van der Waals surface area contributed by atoms with E-state index in [4.69, 9.17) is 0 Å². The van der Waals surface area contributed by atoms with Gasteiger partial charge in [0.2, 0.25) is 0 Å². The second-order valence-corrected chi connectivity index (χ2v) is 4.60. The largest absolute Gasteiger partial charge is 0.384 e. The Morgan fingerprint density at radius 1 is 1.15 bits per heavy atom. The van der Waals surface area contributed by atoms with E-state index in [-0.39, 0.29) is 0 Å². The highest BCUT2D eigenvalue weighted by Gasteiger charge is 2.18. The molecule has 0 spiro atoms. The summed E-state index contributed by atoms with van der Waals surface area (Å²) in [7, 11) is 0. The molecule has 0 atom stereocenters. The molecule has 1 aliphatic heterocycles. The van der Waals surface area contributed by atoms with Crippen LogP contribution in [0.4, 0.5) is 20.2 Å². The first-order chi connectivity index (χ1) is 9.65. The van der Waals surface area contributed by atoms with Crippen LogP contribution in [0.25, 0.3) is 0 Å². The molecule has 0 aromatic heterocycles. The van der Waals surface area contributed by atoms with Gasteiger partial charge in [0.05, 0.1) is 0 Å². The van der Waals surface area contributed by atoms with Gasteiger partial charge in [0.15, 0.2) is 0 Å². The molecule has 1 amide bonds. The van der Waals surface area contributed by atoms with E-state index in [0.29, 0.717) is 5.69 Å². The number of carbonyl (C=O) groups is 1. The van der Waals surface area contributed by atoms with Gasteiger partial charge in [-0.25, -0.2) is 8.78 Å². The minimum atomic E-state index is -0.870. The second-order valence-electron chi connectivity index (χ2n) is 4.60. The molecule has 2 N–H and O–H groups in total. The van der Waals surface area contributed by atoms with Crippen LogP contribution in [-0.4, -0.2) is 12.5 Å². The van der Waals surface area contributed by atoms with Crippen LogP contribution in [0.5, 0.6) is 0 Å². The number of carbonyl (C=O) groups excluding carboxylic acids is 1. The summed E-state index contributed by atoms with van der Waals surface area (Å²) in [5, 5.41) is 5.72. The SMILES string of the molecule is O=C(Nc1ccc2c(c1)CCN2)c1c(F)cccc1F. The Bertz CT molecular complexity index is 665. The molecule has 0 saturated carbocycles. The van der Waals surface area contributed by atoms with Crippen LogP contribution in [0, 0.1) is 11.6 Å². The van der Waals surface area contributed by atoms with Crippen LogP contribution in [-0.2, 0) is 6.42 Å². The van der Waals surface area contributed by atoms with Gasteiger partial charge < -0.3 is 10.6 Å². The summed E-state index contributed by atoms with van der Waals surface area (Å²) >= 11 is 0. The van der Waals surface area contributed by atoms with Crippen molar-refractivity contribution < 1.29 is 13.6 Å². The summed E-state index contributed by atoms with van der Waals surface area (Å²) in [6, 6.07) is 8.70. The molecule has 0 unspecified atom stereocenters. The van der Waals surface area contributed by atoms with Crippen LogP contribution in [0.3, 0.4) is 0 Å². The van der Waals surface area contributed by atoms with Gasteiger partial charge in [0.25, 0.3) is 5.91 Å². The number of anilines is 2. The van der Waals surface area contributed by atoms with Crippen molar-refractivity contribution in [2.75, 3.05) is 17.2 Å². The van der Waals surface area contributed by atoms with Crippen molar-refractivity contribution in [1.82, 2.24) is 0 Å². The zero-order valence-electron chi connectivity index (χ0n) is 10.5. The first-order valence-corrected chi connectivity index (χ1v) is 6.27. The summed E-state index contributed by atoms with van der Waals surface area (Å²) in [5.74, 6) is -2.53. The highest BCUT2D eigenvalue weighted by atomic mass is 19.1. The normalized spacial score (nSPS) is 12.7. The van der Waals surface area contributed by atoms with E-state index in [2.05, 4.69) is 10.6 Å². The quantitative estimate of drug-likeness (QED) is 0.883. The van der Waals surface area contributed by atoms with Crippen LogP contribution in [0.15, 0.2) is 36.4 Å². The third-order valence-electron chi connectivity index (χ3n) is 3.26. The maximum atomic E-state index is 13.5. The zero-order valence-corrected chi connectivity index (χ0v) is 10.5. The second kappa shape index (κ2) is 4.92. The number of hydrogen-bond donors (Lipinski definition) is 2. The van der Waals surface area contributed by atoms with Crippen molar-refractivity contribution in [3.8, 4) is 0 Å². The lowest BCUT2D eigenvalue weighted by Crippen LogP contribution is -2.15. The molecule has 0 radical (unpaired) electrons. The summed E-state index contributed by atoms with van der Waals surface area (Å²) in [6.45, 7) is 0.856. The molecule has 2 aromatic carbocycles. The van der Waals surface area contributed by atoms with E-state index in [1.807, 2.05) is 12.1 Å². The average molecular weight is 274 g/mol. The minimum Gasteiger partial charge on any atom is -0.384 e. The smallest absolute Gasteiger partial charge is 0.261 e. The molecule has 2 aromatic rings. The van der Waals surface area contributed by atoms with Crippen molar-refractivity contribution in [2.24, 2.45) is 0 Å². The number of benzene rings is 2. The van der Waals surface area contributed by atoms with Crippen molar-refractivity contribution in [3.05, 3.63) is 59.2 Å². The van der Waals surface area contributed by atoms with E-state index in [9.17, 15) is 13.6 Å². The molecule has 0 fully saturated rings. The van der Waals surface area contributed by atoms with Gasteiger partial charge in [-0.2, -0.15) is 0 Å². The highest BCUT2D eigenvalue weighted by molar-refractivity contribution is 6.04. The molecule has 20 heavy (non-hydrogen) atoms. The van der Waals surface area contributed by atoms with Gasteiger partial charge in [0.1, 0.15) is 17.2 Å². The first kappa shape index (κ1) is 12.6. The third-order valence-corrected chi connectivity index (χ3v) is 3.26. The molecule has 102 valence electrons. The Morgan fingerprint density at radius 2 is 1.90 bits per heavy atom. The lowest BCUT2D eigenvalue weighted by molar-refractivity contribution is 0.101. The van der Waals surface area contributed by atoms with E-state index >= 15 is 0 Å². The molecule has 3 rings (SSSR count). The fraction of sp³-hybridized carbons (Fsp3) is 0.133. The maximum Gasteiger partial charge on any atom is 0.261 e. The van der Waals surface area contributed by atoms with Crippen molar-refractivity contribution in [2.45, 2.75) is 6.42 Å². The first-order valence-electron chi connectivity index (χ1n) is 6.27. The predicted molar refractivity (Wildman–Crippen MR) is 72.9 cm³/mol. The maximum absolute atomic E-state index is 13.5. The molecule has 3 nitrogen and oxygen atoms in total. The number of nitrogens with one attached hydrogen (secondary N) is 2. The Kier molecular flexibility index (Phi) is 3.10. The Labute approximate surface area is 114 Å². The monoisotopic (exact) mass is 274 g/mol. The molecule has 0 saturated heterocycles. The summed E-state index contributed by atoms with van der Waals surface area (Å²) in [6.07, 6.45) is 0.868. The number of halogens is 2. The van der Waals surface area contributed by atoms with Gasteiger partial charge in [-0.05, 0) is 42.3 Å². The van der Waals surface area contributed by atoms with Gasteiger partial charge in [-0.1, -0.05) is 6.07 Å². The molecular formula is C15H12F2N2O. The number of rotatable bonds is 2. The fourth-order valence-corrected chi connectivity index (χ4v) is 2.29. The number of fused-ring (bicyclic) bond motifs is 1. The predicted octanol–water partition coefficient (Wildman–Crippen LogP) is 3.19. The van der Waals surface area contributed by atoms with E-state index < -0.39 is 23.1 Å². The average Bonchev–Trinajstić information content (AvgIpc) is 2.85. The Morgan fingerprint density at radius 3 is 2.65 bits per heavy atom. The Balaban J connectivity index is 1.86. The number of amides is 1. The van der Waals surface area contributed by atoms with Crippen molar-refractivity contribution >= 4 is 17.3 Å². The fourth-order valence-electron chi connectivity index (χ4n) is 2.29. The summed E-state index contributed by atoms with van der Waals surface area (Å²) in [5.41, 5.74) is 2.07. The molecule has 1 heterocycles. The lowest BCUT2D eigenvalue weighted by atomic mass is 10.1. The van der Waals surface area contributed by atoms with Gasteiger partial charge in [-0.15, -0.1) is 0 Å². The minimum absolute atomic E-state index is 0.528. The molecule has 1 aliphatic rings. The van der Waals surface area contributed by atoms with Gasteiger partial charge >= 0.3 is 0 Å². The third kappa shape index (κ3) is 2.22. The van der Waals surface area contributed by atoms with Crippen molar-refractivity contribution in [1.29, 1.82) is 0 Å². The topological polar surface area (TPSA) is 41.1 Å². The Hall–Kier alpha value is -2.43. The summed E-state index contributed by atoms with van der Waals surface area (Å²) in [4.78, 5) is 11.9. The highest BCUT2D eigenvalue weighted by Crippen LogP contribution is 2.25. The number of hydrogen-bond acceptors (Lipinski definition) is 2. The molecule has 5 heteroatoms. The van der Waals surface area contributed by atoms with E-state index in [0.717, 1.165) is 36.3 Å². The standard InChI is InChI=1S/C15H12F2N2O/c16-11-2-1-3-12(17)14(11)15(20)19-10-4-5-13-9(8-10)6-7-18-13/h1-5,8,18H,6-7H2,(H,19,20). The van der Waals surface area contributed by atoms with E-state index in [1.165, 1.54) is 6.07 Å². The lowest BCUT2D eigenvalue weighted by Gasteiger charge is -2.08. The van der Waals surface area contributed by atoms with Gasteiger partial charge in [-0.3, -0.25) is 4.79 Å². The van der Waals surface area contributed by atoms with Crippen LogP contribution >= 0.6 is 0 Å². The molecule has 0 aliphatic carbocycles. The van der Waals surface area contributed by atoms with Crippen molar-refractivity contribution in [3.63, 3.8) is 0 Å². The van der Waals surface area contributed by atoms with Crippen LogP contribution in [0.2, 0.25) is 0 Å². The molecular weight excluding hydrogens is 262 g/mol. The zero-order chi connectivity index (χ0) is 14.1. The van der Waals surface area contributed by atoms with E-state index in [1.54, 1.807) is 6.07 Å². The van der Waals surface area contributed by atoms with Gasteiger partial charge in [0, 0.05) is 17.9 Å². The summed E-state index contributed by atoms with van der Waals surface area (Å²) < 4.78 is 27.0. The molecule has 0 bridgehead atoms.